The number of pyridine rings is 1. The SMILES string of the molecule is O=c1c2ccccc2ccn1CC1CC1. The molecule has 0 amide bonds. The second kappa shape index (κ2) is 3.23. The van der Waals surface area contributed by atoms with Crippen molar-refractivity contribution >= 4 is 10.8 Å². The van der Waals surface area contributed by atoms with Gasteiger partial charge in [-0.25, -0.2) is 0 Å². The lowest BCUT2D eigenvalue weighted by Crippen LogP contribution is -2.20. The molecule has 0 bridgehead atoms. The molecule has 2 heteroatoms. The summed E-state index contributed by atoms with van der Waals surface area (Å²) < 4.78 is 1.85. The summed E-state index contributed by atoms with van der Waals surface area (Å²) in [6.45, 7) is 0.893. The van der Waals surface area contributed by atoms with Gasteiger partial charge in [0, 0.05) is 18.1 Å². The van der Waals surface area contributed by atoms with Crippen molar-refractivity contribution in [1.29, 1.82) is 0 Å². The van der Waals surface area contributed by atoms with Gasteiger partial charge in [-0.3, -0.25) is 4.79 Å². The van der Waals surface area contributed by atoms with Gasteiger partial charge >= 0.3 is 0 Å². The molecule has 1 aromatic carbocycles. The molecule has 0 spiro atoms. The average Bonchev–Trinajstić information content (AvgIpc) is 3.07. The highest BCUT2D eigenvalue weighted by molar-refractivity contribution is 5.81. The predicted molar refractivity (Wildman–Crippen MR) is 60.9 cm³/mol. The van der Waals surface area contributed by atoms with Crippen LogP contribution in [-0.2, 0) is 6.54 Å². The Kier molecular flexibility index (Phi) is 1.88. The third-order valence-electron chi connectivity index (χ3n) is 3.04. The van der Waals surface area contributed by atoms with Crippen molar-refractivity contribution in [3.8, 4) is 0 Å². The third-order valence-corrected chi connectivity index (χ3v) is 3.04. The molecule has 1 aromatic heterocycles. The topological polar surface area (TPSA) is 22.0 Å². The fraction of sp³-hybridized carbons (Fsp3) is 0.308. The van der Waals surface area contributed by atoms with Crippen LogP contribution in [0.3, 0.4) is 0 Å². The van der Waals surface area contributed by atoms with E-state index < -0.39 is 0 Å². The van der Waals surface area contributed by atoms with Crippen molar-refractivity contribution in [2.75, 3.05) is 0 Å². The molecule has 76 valence electrons. The standard InChI is InChI=1S/C13H13NO/c15-13-12-4-2-1-3-11(12)7-8-14(13)9-10-5-6-10/h1-4,7-8,10H,5-6,9H2. The summed E-state index contributed by atoms with van der Waals surface area (Å²) in [5.74, 6) is 0.740. The molecule has 1 heterocycles. The van der Waals surface area contributed by atoms with Crippen molar-refractivity contribution in [2.45, 2.75) is 19.4 Å². The molecule has 0 unspecified atom stereocenters. The van der Waals surface area contributed by atoms with Gasteiger partial charge < -0.3 is 4.57 Å². The molecular formula is C13H13NO. The second-order valence-corrected chi connectivity index (χ2v) is 4.30. The number of hydrogen-bond acceptors (Lipinski definition) is 1. The van der Waals surface area contributed by atoms with E-state index in [0.29, 0.717) is 0 Å². The molecule has 1 fully saturated rings. The first kappa shape index (κ1) is 8.72. The Hall–Kier alpha value is -1.57. The minimum atomic E-state index is 0.153. The maximum absolute atomic E-state index is 12.1. The number of rotatable bonds is 2. The maximum Gasteiger partial charge on any atom is 0.258 e. The van der Waals surface area contributed by atoms with Crippen LogP contribution in [0.1, 0.15) is 12.8 Å². The van der Waals surface area contributed by atoms with E-state index in [2.05, 4.69) is 0 Å². The van der Waals surface area contributed by atoms with Crippen LogP contribution < -0.4 is 5.56 Å². The van der Waals surface area contributed by atoms with Gasteiger partial charge in [-0.15, -0.1) is 0 Å². The molecule has 1 aliphatic carbocycles. The van der Waals surface area contributed by atoms with Crippen molar-refractivity contribution in [3.05, 3.63) is 46.9 Å². The molecule has 0 saturated heterocycles. The number of fused-ring (bicyclic) bond motifs is 1. The van der Waals surface area contributed by atoms with Crippen LogP contribution in [0, 0.1) is 5.92 Å². The largest absolute Gasteiger partial charge is 0.315 e. The lowest BCUT2D eigenvalue weighted by molar-refractivity contribution is 0.611. The van der Waals surface area contributed by atoms with Gasteiger partial charge in [0.1, 0.15) is 0 Å². The summed E-state index contributed by atoms with van der Waals surface area (Å²) in [5, 5.41) is 1.87. The Morgan fingerprint density at radius 2 is 2.00 bits per heavy atom. The van der Waals surface area contributed by atoms with E-state index in [1.165, 1.54) is 12.8 Å². The predicted octanol–water partition coefficient (Wildman–Crippen LogP) is 2.41. The molecule has 0 radical (unpaired) electrons. The highest BCUT2D eigenvalue weighted by atomic mass is 16.1. The zero-order valence-corrected chi connectivity index (χ0v) is 8.52. The quantitative estimate of drug-likeness (QED) is 0.728. The zero-order chi connectivity index (χ0) is 10.3. The lowest BCUT2D eigenvalue weighted by atomic mass is 10.2. The Bertz CT molecular complexity index is 552. The Labute approximate surface area is 88.2 Å². The lowest BCUT2D eigenvalue weighted by Gasteiger charge is -2.05. The zero-order valence-electron chi connectivity index (χ0n) is 8.52. The second-order valence-electron chi connectivity index (χ2n) is 4.30. The van der Waals surface area contributed by atoms with Crippen LogP contribution in [0.15, 0.2) is 41.3 Å². The number of benzene rings is 1. The number of nitrogens with zero attached hydrogens (tertiary/aromatic N) is 1. The fourth-order valence-electron chi connectivity index (χ4n) is 1.95. The smallest absolute Gasteiger partial charge is 0.258 e. The van der Waals surface area contributed by atoms with Gasteiger partial charge in [-0.2, -0.15) is 0 Å². The van der Waals surface area contributed by atoms with E-state index in [9.17, 15) is 4.79 Å². The van der Waals surface area contributed by atoms with E-state index >= 15 is 0 Å². The van der Waals surface area contributed by atoms with Gasteiger partial charge in [-0.1, -0.05) is 18.2 Å². The van der Waals surface area contributed by atoms with E-state index in [4.69, 9.17) is 0 Å². The van der Waals surface area contributed by atoms with Crippen molar-refractivity contribution in [3.63, 3.8) is 0 Å². The van der Waals surface area contributed by atoms with Crippen LogP contribution >= 0.6 is 0 Å². The van der Waals surface area contributed by atoms with Crippen LogP contribution in [0.25, 0.3) is 10.8 Å². The first-order valence-corrected chi connectivity index (χ1v) is 5.43. The Balaban J connectivity index is 2.15. The Morgan fingerprint density at radius 1 is 1.20 bits per heavy atom. The summed E-state index contributed by atoms with van der Waals surface area (Å²) in [4.78, 5) is 12.1. The van der Waals surface area contributed by atoms with Crippen LogP contribution in [0.2, 0.25) is 0 Å². The van der Waals surface area contributed by atoms with Crippen molar-refractivity contribution < 1.29 is 0 Å². The molecule has 0 N–H and O–H groups in total. The normalized spacial score (nSPS) is 15.7. The molecular weight excluding hydrogens is 186 g/mol. The maximum atomic E-state index is 12.1. The minimum absolute atomic E-state index is 0.153. The summed E-state index contributed by atoms with van der Waals surface area (Å²) in [6, 6.07) is 9.80. The van der Waals surface area contributed by atoms with E-state index in [1.807, 2.05) is 41.1 Å². The number of aromatic nitrogens is 1. The van der Waals surface area contributed by atoms with E-state index in [1.54, 1.807) is 0 Å². The molecule has 2 nitrogen and oxygen atoms in total. The molecule has 15 heavy (non-hydrogen) atoms. The van der Waals surface area contributed by atoms with Gasteiger partial charge in [0.25, 0.3) is 5.56 Å². The van der Waals surface area contributed by atoms with Gasteiger partial charge in [0.15, 0.2) is 0 Å². The van der Waals surface area contributed by atoms with E-state index in [-0.39, 0.29) is 5.56 Å². The first-order valence-electron chi connectivity index (χ1n) is 5.43. The summed E-state index contributed by atoms with van der Waals surface area (Å²) in [5.41, 5.74) is 0.153. The van der Waals surface area contributed by atoms with Crippen LogP contribution in [0.5, 0.6) is 0 Å². The minimum Gasteiger partial charge on any atom is -0.315 e. The molecule has 0 aliphatic heterocycles. The van der Waals surface area contributed by atoms with Crippen LogP contribution in [-0.4, -0.2) is 4.57 Å². The van der Waals surface area contributed by atoms with Gasteiger partial charge in [0.05, 0.1) is 0 Å². The average molecular weight is 199 g/mol. The third kappa shape index (κ3) is 1.56. The Morgan fingerprint density at radius 3 is 2.80 bits per heavy atom. The van der Waals surface area contributed by atoms with E-state index in [0.717, 1.165) is 23.2 Å². The fourth-order valence-corrected chi connectivity index (χ4v) is 1.95. The van der Waals surface area contributed by atoms with Crippen molar-refractivity contribution in [1.82, 2.24) is 4.57 Å². The van der Waals surface area contributed by atoms with Gasteiger partial charge in [-0.05, 0) is 36.3 Å². The monoisotopic (exact) mass is 199 g/mol. The van der Waals surface area contributed by atoms with Crippen molar-refractivity contribution in [2.24, 2.45) is 5.92 Å². The molecule has 2 aromatic rings. The highest BCUT2D eigenvalue weighted by Crippen LogP contribution is 2.30. The summed E-state index contributed by atoms with van der Waals surface area (Å²) in [6.07, 6.45) is 4.47. The molecule has 3 rings (SSSR count). The number of hydrogen-bond donors (Lipinski definition) is 0. The first-order chi connectivity index (χ1) is 7.34. The molecule has 1 saturated carbocycles. The highest BCUT2D eigenvalue weighted by Gasteiger charge is 2.22. The van der Waals surface area contributed by atoms with Crippen LogP contribution in [0.4, 0.5) is 0 Å². The van der Waals surface area contributed by atoms with Gasteiger partial charge in [0.2, 0.25) is 0 Å². The molecule has 1 aliphatic rings. The molecule has 0 atom stereocenters. The summed E-state index contributed by atoms with van der Waals surface area (Å²) in [7, 11) is 0. The summed E-state index contributed by atoms with van der Waals surface area (Å²) >= 11 is 0.